The molecule has 0 aliphatic rings. The molecular weight excluding hydrogens is 340 g/mol. The lowest BCUT2D eigenvalue weighted by molar-refractivity contribution is 0.415. The summed E-state index contributed by atoms with van der Waals surface area (Å²) >= 11 is 6.13. The first-order valence-electron chi connectivity index (χ1n) is 7.54. The number of halogens is 1. The molecule has 0 aliphatic carbocycles. The van der Waals surface area contributed by atoms with Gasteiger partial charge in [-0.2, -0.15) is 4.52 Å². The summed E-state index contributed by atoms with van der Waals surface area (Å²) < 4.78 is 12.6. The predicted octanol–water partition coefficient (Wildman–Crippen LogP) is 4.25. The zero-order chi connectivity index (χ0) is 17.2. The van der Waals surface area contributed by atoms with E-state index < -0.39 is 0 Å². The maximum Gasteiger partial charge on any atom is 0.237 e. The van der Waals surface area contributed by atoms with Gasteiger partial charge in [0.1, 0.15) is 11.5 Å². The molecule has 124 valence electrons. The highest BCUT2D eigenvalue weighted by Gasteiger charge is 2.11. The van der Waals surface area contributed by atoms with E-state index in [1.54, 1.807) is 35.9 Å². The summed E-state index contributed by atoms with van der Waals surface area (Å²) in [6.07, 6.45) is 0. The van der Waals surface area contributed by atoms with Gasteiger partial charge < -0.3 is 9.47 Å². The number of nitrogens with zero attached hydrogens (tertiary/aromatic N) is 4. The Hall–Kier alpha value is -3.12. The molecule has 7 heteroatoms. The van der Waals surface area contributed by atoms with Crippen LogP contribution >= 0.6 is 11.6 Å². The molecular formula is C18H13ClN4O2. The zero-order valence-corrected chi connectivity index (χ0v) is 14.0. The largest absolute Gasteiger partial charge is 0.497 e. The van der Waals surface area contributed by atoms with Crippen molar-refractivity contribution in [2.75, 3.05) is 7.11 Å². The average molecular weight is 353 g/mol. The van der Waals surface area contributed by atoms with Crippen molar-refractivity contribution in [3.8, 4) is 28.8 Å². The van der Waals surface area contributed by atoms with Crippen LogP contribution in [0.4, 0.5) is 0 Å². The van der Waals surface area contributed by atoms with Crippen molar-refractivity contribution in [1.29, 1.82) is 0 Å². The first-order valence-corrected chi connectivity index (χ1v) is 7.92. The highest BCUT2D eigenvalue weighted by molar-refractivity contribution is 6.32. The SMILES string of the molecule is COc1ccc(-c2nnc3ccc(Oc4ccccc4Cl)nn23)cc1. The summed E-state index contributed by atoms with van der Waals surface area (Å²) in [5, 5.41) is 13.3. The van der Waals surface area contributed by atoms with Gasteiger partial charge in [0.05, 0.1) is 12.1 Å². The molecule has 4 aromatic rings. The molecule has 0 spiro atoms. The van der Waals surface area contributed by atoms with Crippen molar-refractivity contribution in [2.45, 2.75) is 0 Å². The molecule has 4 rings (SSSR count). The fraction of sp³-hybridized carbons (Fsp3) is 0.0556. The minimum absolute atomic E-state index is 0.398. The molecule has 0 saturated carbocycles. The molecule has 0 radical (unpaired) electrons. The van der Waals surface area contributed by atoms with Crippen molar-refractivity contribution in [3.63, 3.8) is 0 Å². The molecule has 25 heavy (non-hydrogen) atoms. The second-order valence-corrected chi connectivity index (χ2v) is 5.63. The second kappa shape index (κ2) is 6.41. The topological polar surface area (TPSA) is 61.5 Å². The van der Waals surface area contributed by atoms with E-state index in [0.717, 1.165) is 11.3 Å². The summed E-state index contributed by atoms with van der Waals surface area (Å²) in [7, 11) is 1.63. The Labute approximate surface area is 148 Å². The minimum atomic E-state index is 0.398. The predicted molar refractivity (Wildman–Crippen MR) is 94.3 cm³/mol. The first kappa shape index (κ1) is 15.4. The normalized spacial score (nSPS) is 10.8. The van der Waals surface area contributed by atoms with Gasteiger partial charge in [0, 0.05) is 11.6 Å². The smallest absolute Gasteiger partial charge is 0.237 e. The molecule has 2 heterocycles. The molecule has 0 aliphatic heterocycles. The standard InChI is InChI=1S/C18H13ClN4O2/c1-24-13-8-6-12(7-9-13)18-21-20-16-10-11-17(22-23(16)18)25-15-5-3-2-4-14(15)19/h2-11H,1H3. The van der Waals surface area contributed by atoms with Crippen LogP contribution in [0, 0.1) is 0 Å². The number of methoxy groups -OCH3 is 1. The van der Waals surface area contributed by atoms with Crippen LogP contribution in [-0.4, -0.2) is 26.9 Å². The average Bonchev–Trinajstić information content (AvgIpc) is 3.07. The molecule has 2 aromatic heterocycles. The molecule has 0 N–H and O–H groups in total. The van der Waals surface area contributed by atoms with E-state index in [1.165, 1.54) is 0 Å². The summed E-state index contributed by atoms with van der Waals surface area (Å²) in [4.78, 5) is 0. The minimum Gasteiger partial charge on any atom is -0.497 e. The van der Waals surface area contributed by atoms with Crippen LogP contribution in [0.3, 0.4) is 0 Å². The van der Waals surface area contributed by atoms with Gasteiger partial charge >= 0.3 is 0 Å². The van der Waals surface area contributed by atoms with E-state index in [4.69, 9.17) is 21.1 Å². The maximum atomic E-state index is 6.13. The number of para-hydroxylation sites is 1. The Morgan fingerprint density at radius 1 is 0.920 bits per heavy atom. The quantitative estimate of drug-likeness (QED) is 0.549. The molecule has 0 bridgehead atoms. The lowest BCUT2D eigenvalue weighted by atomic mass is 10.2. The summed E-state index contributed by atoms with van der Waals surface area (Å²) in [5.41, 5.74) is 1.49. The fourth-order valence-corrected chi connectivity index (χ4v) is 2.56. The van der Waals surface area contributed by atoms with Crippen molar-refractivity contribution < 1.29 is 9.47 Å². The highest BCUT2D eigenvalue weighted by atomic mass is 35.5. The van der Waals surface area contributed by atoms with Crippen LogP contribution in [0.1, 0.15) is 0 Å². The highest BCUT2D eigenvalue weighted by Crippen LogP contribution is 2.28. The van der Waals surface area contributed by atoms with E-state index in [9.17, 15) is 0 Å². The van der Waals surface area contributed by atoms with Crippen molar-refractivity contribution in [1.82, 2.24) is 19.8 Å². The van der Waals surface area contributed by atoms with E-state index in [0.29, 0.717) is 28.1 Å². The molecule has 0 amide bonds. The Kier molecular flexibility index (Phi) is 3.95. The Morgan fingerprint density at radius 3 is 2.48 bits per heavy atom. The monoisotopic (exact) mass is 352 g/mol. The molecule has 0 unspecified atom stereocenters. The van der Waals surface area contributed by atoms with Crippen LogP contribution in [0.15, 0.2) is 60.7 Å². The summed E-state index contributed by atoms with van der Waals surface area (Å²) in [6.45, 7) is 0. The van der Waals surface area contributed by atoms with Crippen LogP contribution < -0.4 is 9.47 Å². The van der Waals surface area contributed by atoms with Crippen LogP contribution in [0.5, 0.6) is 17.4 Å². The number of fused-ring (bicyclic) bond motifs is 1. The number of hydrogen-bond donors (Lipinski definition) is 0. The van der Waals surface area contributed by atoms with Gasteiger partial charge in [-0.25, -0.2) is 0 Å². The Bertz CT molecular complexity index is 1030. The van der Waals surface area contributed by atoms with Crippen LogP contribution in [0.25, 0.3) is 17.0 Å². The third kappa shape index (κ3) is 2.99. The van der Waals surface area contributed by atoms with Crippen LogP contribution in [0.2, 0.25) is 5.02 Å². The Balaban J connectivity index is 1.73. The molecule has 0 atom stereocenters. The van der Waals surface area contributed by atoms with E-state index in [1.807, 2.05) is 36.4 Å². The van der Waals surface area contributed by atoms with Gasteiger partial charge in [0.25, 0.3) is 0 Å². The third-order valence-electron chi connectivity index (χ3n) is 3.64. The van der Waals surface area contributed by atoms with Gasteiger partial charge in [-0.1, -0.05) is 23.7 Å². The van der Waals surface area contributed by atoms with Crippen molar-refractivity contribution in [2.24, 2.45) is 0 Å². The zero-order valence-electron chi connectivity index (χ0n) is 13.3. The van der Waals surface area contributed by atoms with Gasteiger partial charge in [-0.05, 0) is 42.5 Å². The maximum absolute atomic E-state index is 6.13. The Morgan fingerprint density at radius 2 is 1.72 bits per heavy atom. The van der Waals surface area contributed by atoms with E-state index in [-0.39, 0.29) is 0 Å². The second-order valence-electron chi connectivity index (χ2n) is 5.23. The molecule has 0 fully saturated rings. The molecule has 6 nitrogen and oxygen atoms in total. The number of benzene rings is 2. The number of ether oxygens (including phenoxy) is 2. The molecule has 2 aromatic carbocycles. The van der Waals surface area contributed by atoms with Gasteiger partial charge in [0.2, 0.25) is 5.88 Å². The summed E-state index contributed by atoms with van der Waals surface area (Å²) in [5.74, 6) is 2.32. The lowest BCUT2D eigenvalue weighted by Gasteiger charge is -2.07. The van der Waals surface area contributed by atoms with E-state index in [2.05, 4.69) is 15.3 Å². The first-order chi connectivity index (χ1) is 12.2. The van der Waals surface area contributed by atoms with Gasteiger partial charge in [0.15, 0.2) is 11.5 Å². The number of hydrogen-bond acceptors (Lipinski definition) is 5. The van der Waals surface area contributed by atoms with Gasteiger partial charge in [-0.3, -0.25) is 0 Å². The number of aromatic nitrogens is 4. The van der Waals surface area contributed by atoms with Gasteiger partial charge in [-0.15, -0.1) is 15.3 Å². The van der Waals surface area contributed by atoms with Crippen molar-refractivity contribution in [3.05, 3.63) is 65.7 Å². The lowest BCUT2D eigenvalue weighted by Crippen LogP contribution is -1.98. The number of rotatable bonds is 4. The molecule has 0 saturated heterocycles. The third-order valence-corrected chi connectivity index (χ3v) is 3.95. The fourth-order valence-electron chi connectivity index (χ4n) is 2.39. The summed E-state index contributed by atoms with van der Waals surface area (Å²) in [6, 6.07) is 18.3. The van der Waals surface area contributed by atoms with Crippen molar-refractivity contribution >= 4 is 17.2 Å². The van der Waals surface area contributed by atoms with E-state index >= 15 is 0 Å². The van der Waals surface area contributed by atoms with Crippen LogP contribution in [-0.2, 0) is 0 Å².